The van der Waals surface area contributed by atoms with Crippen molar-refractivity contribution in [3.8, 4) is 0 Å². The van der Waals surface area contributed by atoms with Gasteiger partial charge in [0.2, 0.25) is 0 Å². The summed E-state index contributed by atoms with van der Waals surface area (Å²) < 4.78 is 2.10. The van der Waals surface area contributed by atoms with Crippen LogP contribution in [-0.2, 0) is 6.42 Å². The van der Waals surface area contributed by atoms with Gasteiger partial charge in [-0.05, 0) is 36.8 Å². The van der Waals surface area contributed by atoms with Gasteiger partial charge in [-0.2, -0.15) is 0 Å². The molecular formula is C12H15N3S3. The zero-order valence-corrected chi connectivity index (χ0v) is 12.6. The molecule has 0 saturated heterocycles. The summed E-state index contributed by atoms with van der Waals surface area (Å²) in [6.45, 7) is 0. The van der Waals surface area contributed by atoms with Crippen molar-refractivity contribution in [3.05, 3.63) is 29.8 Å². The van der Waals surface area contributed by atoms with Crippen molar-refractivity contribution >= 4 is 40.5 Å². The van der Waals surface area contributed by atoms with Crippen LogP contribution in [-0.4, -0.2) is 22.2 Å². The lowest BCUT2D eigenvalue weighted by Gasteiger charge is -2.01. The van der Waals surface area contributed by atoms with Crippen LogP contribution in [0.3, 0.4) is 0 Å². The lowest BCUT2D eigenvalue weighted by molar-refractivity contribution is 0.925. The number of anilines is 1. The summed E-state index contributed by atoms with van der Waals surface area (Å²) in [4.78, 5) is 0. The highest BCUT2D eigenvalue weighted by Gasteiger charge is 2.03. The highest BCUT2D eigenvalue weighted by molar-refractivity contribution is 8.02. The molecule has 0 aliphatic rings. The van der Waals surface area contributed by atoms with E-state index in [0.29, 0.717) is 0 Å². The van der Waals surface area contributed by atoms with Gasteiger partial charge in [0.1, 0.15) is 0 Å². The summed E-state index contributed by atoms with van der Waals surface area (Å²) in [5.41, 5.74) is 7.89. The molecule has 0 amide bonds. The number of thioether (sulfide) groups is 2. The Morgan fingerprint density at radius 2 is 2.11 bits per heavy atom. The van der Waals surface area contributed by atoms with Gasteiger partial charge in [-0.25, -0.2) is 0 Å². The van der Waals surface area contributed by atoms with Gasteiger partial charge < -0.3 is 5.73 Å². The van der Waals surface area contributed by atoms with Crippen LogP contribution in [0.25, 0.3) is 0 Å². The van der Waals surface area contributed by atoms with Crippen molar-refractivity contribution in [1.29, 1.82) is 0 Å². The van der Waals surface area contributed by atoms with Gasteiger partial charge in [-0.3, -0.25) is 0 Å². The molecule has 1 aromatic heterocycles. The van der Waals surface area contributed by atoms with Crippen LogP contribution in [0.4, 0.5) is 5.69 Å². The number of hydrogen-bond donors (Lipinski definition) is 1. The molecule has 96 valence electrons. The Hall–Kier alpha value is -0.720. The summed E-state index contributed by atoms with van der Waals surface area (Å²) in [5, 5.41) is 8.21. The molecule has 0 radical (unpaired) electrons. The summed E-state index contributed by atoms with van der Waals surface area (Å²) in [6.07, 6.45) is 4.21. The van der Waals surface area contributed by atoms with Crippen LogP contribution < -0.4 is 5.73 Å². The van der Waals surface area contributed by atoms with Crippen LogP contribution in [0.1, 0.15) is 12.0 Å². The van der Waals surface area contributed by atoms with Gasteiger partial charge in [0, 0.05) is 11.4 Å². The second kappa shape index (κ2) is 7.01. The maximum atomic E-state index is 5.75. The maximum Gasteiger partial charge on any atom is 0.175 e. The van der Waals surface area contributed by atoms with E-state index in [-0.39, 0.29) is 0 Å². The molecule has 0 fully saturated rings. The normalized spacial score (nSPS) is 10.7. The first-order chi connectivity index (χ1) is 8.78. The van der Waals surface area contributed by atoms with E-state index >= 15 is 0 Å². The molecule has 3 nitrogen and oxygen atoms in total. The zero-order chi connectivity index (χ0) is 12.8. The quantitative estimate of drug-likeness (QED) is 0.502. The number of nitrogen functional groups attached to an aromatic ring is 1. The van der Waals surface area contributed by atoms with Gasteiger partial charge in [-0.15, -0.1) is 10.2 Å². The Kier molecular flexibility index (Phi) is 5.34. The van der Waals surface area contributed by atoms with Crippen LogP contribution in [0, 0.1) is 0 Å². The number of benzene rings is 1. The van der Waals surface area contributed by atoms with E-state index in [1.54, 1.807) is 34.9 Å². The monoisotopic (exact) mass is 297 g/mol. The van der Waals surface area contributed by atoms with Gasteiger partial charge in [0.15, 0.2) is 8.68 Å². The van der Waals surface area contributed by atoms with Gasteiger partial charge >= 0.3 is 0 Å². The molecule has 0 spiro atoms. The van der Waals surface area contributed by atoms with E-state index in [4.69, 9.17) is 5.73 Å². The number of rotatable bonds is 6. The molecule has 0 unspecified atom stereocenters. The van der Waals surface area contributed by atoms with E-state index < -0.39 is 0 Å². The molecule has 2 N–H and O–H groups in total. The summed E-state index contributed by atoms with van der Waals surface area (Å²) >= 11 is 5.09. The average Bonchev–Trinajstić information content (AvgIpc) is 2.83. The summed E-state index contributed by atoms with van der Waals surface area (Å²) in [6, 6.07) is 8.09. The van der Waals surface area contributed by atoms with E-state index in [0.717, 1.165) is 33.0 Å². The second-order valence-electron chi connectivity index (χ2n) is 3.74. The van der Waals surface area contributed by atoms with Gasteiger partial charge in [0.05, 0.1) is 0 Å². The summed E-state index contributed by atoms with van der Waals surface area (Å²) in [7, 11) is 0. The Balaban J connectivity index is 1.72. The first-order valence-corrected chi connectivity index (χ1v) is 8.65. The highest BCUT2D eigenvalue weighted by Crippen LogP contribution is 2.27. The molecule has 18 heavy (non-hydrogen) atoms. The lowest BCUT2D eigenvalue weighted by atomic mass is 10.1. The largest absolute Gasteiger partial charge is 0.399 e. The predicted molar refractivity (Wildman–Crippen MR) is 81.6 cm³/mol. The minimum Gasteiger partial charge on any atom is -0.399 e. The molecule has 0 aliphatic heterocycles. The zero-order valence-electron chi connectivity index (χ0n) is 10.1. The molecule has 0 bridgehead atoms. The lowest BCUT2D eigenvalue weighted by Crippen LogP contribution is -1.90. The van der Waals surface area contributed by atoms with E-state index in [1.807, 2.05) is 24.5 Å². The topological polar surface area (TPSA) is 51.8 Å². The third-order valence-electron chi connectivity index (χ3n) is 2.35. The first kappa shape index (κ1) is 13.7. The van der Waals surface area contributed by atoms with Crippen molar-refractivity contribution in [2.24, 2.45) is 0 Å². The number of nitrogens with two attached hydrogens (primary N) is 1. The molecule has 6 heteroatoms. The highest BCUT2D eigenvalue weighted by atomic mass is 32.2. The van der Waals surface area contributed by atoms with E-state index in [1.165, 1.54) is 5.56 Å². The predicted octanol–water partition coefficient (Wildman–Crippen LogP) is 3.57. The molecule has 0 saturated carbocycles. The minimum absolute atomic E-state index is 0.842. The van der Waals surface area contributed by atoms with Crippen LogP contribution in [0.15, 0.2) is 32.9 Å². The number of nitrogens with zero attached hydrogens (tertiary/aromatic N) is 2. The number of aromatic nitrogens is 2. The summed E-state index contributed by atoms with van der Waals surface area (Å²) in [5.74, 6) is 1.07. The van der Waals surface area contributed by atoms with Crippen molar-refractivity contribution < 1.29 is 0 Å². The third-order valence-corrected chi connectivity index (χ3v) is 5.47. The maximum absolute atomic E-state index is 5.75. The Bertz CT molecular complexity index is 499. The smallest absolute Gasteiger partial charge is 0.175 e. The van der Waals surface area contributed by atoms with Gasteiger partial charge in [-0.1, -0.05) is 47.0 Å². The first-order valence-electron chi connectivity index (χ1n) is 5.62. The van der Waals surface area contributed by atoms with Crippen molar-refractivity contribution in [2.45, 2.75) is 21.5 Å². The SMILES string of the molecule is CSc1nnc(SCCCc2cccc(N)c2)s1. The van der Waals surface area contributed by atoms with Crippen LogP contribution in [0.2, 0.25) is 0 Å². The molecule has 2 rings (SSSR count). The Morgan fingerprint density at radius 1 is 1.28 bits per heavy atom. The Labute approximate surface area is 120 Å². The number of hydrogen-bond acceptors (Lipinski definition) is 6. The second-order valence-corrected chi connectivity index (χ2v) is 7.11. The van der Waals surface area contributed by atoms with Gasteiger partial charge in [0.25, 0.3) is 0 Å². The Morgan fingerprint density at radius 3 is 2.83 bits per heavy atom. The standard InChI is InChI=1S/C12H15N3S3/c1-16-11-14-15-12(18-11)17-7-3-5-9-4-2-6-10(13)8-9/h2,4,6,8H,3,5,7,13H2,1H3. The minimum atomic E-state index is 0.842. The van der Waals surface area contributed by atoms with E-state index in [9.17, 15) is 0 Å². The van der Waals surface area contributed by atoms with Crippen LogP contribution >= 0.6 is 34.9 Å². The molecular weight excluding hydrogens is 282 g/mol. The fourth-order valence-corrected chi connectivity index (χ4v) is 3.97. The fraction of sp³-hybridized carbons (Fsp3) is 0.333. The molecule has 2 aromatic rings. The van der Waals surface area contributed by atoms with E-state index in [2.05, 4.69) is 16.3 Å². The van der Waals surface area contributed by atoms with Crippen molar-refractivity contribution in [2.75, 3.05) is 17.7 Å². The molecule has 1 heterocycles. The third kappa shape index (κ3) is 4.19. The molecule has 0 atom stereocenters. The van der Waals surface area contributed by atoms with Crippen molar-refractivity contribution in [3.63, 3.8) is 0 Å². The molecule has 0 aliphatic carbocycles. The average molecular weight is 297 g/mol. The van der Waals surface area contributed by atoms with Crippen LogP contribution in [0.5, 0.6) is 0 Å². The molecule has 1 aromatic carbocycles. The van der Waals surface area contributed by atoms with Crippen molar-refractivity contribution in [1.82, 2.24) is 10.2 Å². The fourth-order valence-electron chi connectivity index (χ4n) is 1.52. The number of aryl methyl sites for hydroxylation is 1.